The molecule has 3 aromatic carbocycles. The molecule has 4 rings (SSSR count). The molecule has 3 aromatic rings. The fraction of sp³-hybridized carbons (Fsp3) is 0.355. The van der Waals surface area contributed by atoms with Crippen LogP contribution in [0.4, 0.5) is 10.1 Å². The van der Waals surface area contributed by atoms with Gasteiger partial charge in [-0.05, 0) is 85.9 Å². The molecule has 37 heavy (non-hydrogen) atoms. The van der Waals surface area contributed by atoms with Crippen LogP contribution < -0.4 is 14.4 Å². The fourth-order valence-corrected chi connectivity index (χ4v) is 4.65. The molecule has 1 saturated heterocycles. The van der Waals surface area contributed by atoms with Gasteiger partial charge in [-0.3, -0.25) is 4.90 Å². The molecule has 0 aromatic heterocycles. The van der Waals surface area contributed by atoms with Gasteiger partial charge < -0.3 is 19.5 Å². The summed E-state index contributed by atoms with van der Waals surface area (Å²) in [6.07, 6.45) is 7.82. The van der Waals surface area contributed by atoms with Crippen LogP contribution in [0.15, 0.2) is 60.7 Å². The second kappa shape index (κ2) is 13.2. The van der Waals surface area contributed by atoms with Gasteiger partial charge in [-0.1, -0.05) is 36.8 Å². The number of halogens is 1. The van der Waals surface area contributed by atoms with Crippen LogP contribution in [-0.2, 0) is 6.54 Å². The second-order valence-electron chi connectivity index (χ2n) is 9.38. The summed E-state index contributed by atoms with van der Waals surface area (Å²) in [6, 6.07) is 18.3. The number of aromatic hydroxyl groups is 1. The zero-order chi connectivity index (χ0) is 26.0. The molecule has 1 aliphatic heterocycles. The first-order chi connectivity index (χ1) is 18.1. The summed E-state index contributed by atoms with van der Waals surface area (Å²) in [5, 5.41) is 9.54. The SMILES string of the molecule is CCN(Cc1ccc(OCCN2CCCCC2)c(F)c1)c1cc(OC)ccc1C=Cc1ccc(O)cc1. The number of likely N-dealkylation sites (tertiary alicyclic amines) is 1. The molecule has 0 amide bonds. The van der Waals surface area contributed by atoms with Crippen LogP contribution in [0.2, 0.25) is 0 Å². The van der Waals surface area contributed by atoms with E-state index in [9.17, 15) is 9.50 Å². The first kappa shape index (κ1) is 26.6. The van der Waals surface area contributed by atoms with Gasteiger partial charge in [0.25, 0.3) is 0 Å². The molecule has 1 heterocycles. The maximum Gasteiger partial charge on any atom is 0.165 e. The molecule has 0 saturated carbocycles. The lowest BCUT2D eigenvalue weighted by Crippen LogP contribution is -2.33. The Bertz CT molecular complexity index is 1170. The summed E-state index contributed by atoms with van der Waals surface area (Å²) in [7, 11) is 1.65. The van der Waals surface area contributed by atoms with Crippen LogP contribution in [-0.4, -0.2) is 49.9 Å². The summed E-state index contributed by atoms with van der Waals surface area (Å²) in [5.74, 6) is 0.983. The molecule has 0 bridgehead atoms. The smallest absolute Gasteiger partial charge is 0.165 e. The molecule has 0 atom stereocenters. The van der Waals surface area contributed by atoms with Crippen molar-refractivity contribution in [3.8, 4) is 17.2 Å². The Kier molecular flexibility index (Phi) is 9.44. The second-order valence-corrected chi connectivity index (χ2v) is 9.38. The summed E-state index contributed by atoms with van der Waals surface area (Å²) in [6.45, 7) is 6.92. The van der Waals surface area contributed by atoms with Gasteiger partial charge in [0.1, 0.15) is 18.1 Å². The predicted molar refractivity (Wildman–Crippen MR) is 149 cm³/mol. The summed E-state index contributed by atoms with van der Waals surface area (Å²) in [5.41, 5.74) is 3.88. The number of benzene rings is 3. The average molecular weight is 505 g/mol. The van der Waals surface area contributed by atoms with Crippen LogP contribution in [0.3, 0.4) is 0 Å². The van der Waals surface area contributed by atoms with Gasteiger partial charge in [0.05, 0.1) is 7.11 Å². The lowest BCUT2D eigenvalue weighted by Gasteiger charge is -2.26. The van der Waals surface area contributed by atoms with Crippen LogP contribution >= 0.6 is 0 Å². The van der Waals surface area contributed by atoms with E-state index in [1.807, 2.05) is 48.6 Å². The van der Waals surface area contributed by atoms with Crippen molar-refractivity contribution < 1.29 is 19.0 Å². The van der Waals surface area contributed by atoms with Crippen LogP contribution in [0.5, 0.6) is 17.2 Å². The largest absolute Gasteiger partial charge is 0.508 e. The highest BCUT2D eigenvalue weighted by Gasteiger charge is 2.14. The van der Waals surface area contributed by atoms with E-state index in [1.165, 1.54) is 19.3 Å². The van der Waals surface area contributed by atoms with Crippen molar-refractivity contribution in [2.45, 2.75) is 32.7 Å². The zero-order valence-corrected chi connectivity index (χ0v) is 21.8. The fourth-order valence-electron chi connectivity index (χ4n) is 4.65. The quantitative estimate of drug-likeness (QED) is 0.298. The minimum Gasteiger partial charge on any atom is -0.508 e. The van der Waals surface area contributed by atoms with Gasteiger partial charge in [-0.15, -0.1) is 0 Å². The molecular weight excluding hydrogens is 467 g/mol. The van der Waals surface area contributed by atoms with E-state index in [0.29, 0.717) is 18.9 Å². The van der Waals surface area contributed by atoms with Gasteiger partial charge in [0.2, 0.25) is 0 Å². The van der Waals surface area contributed by atoms with E-state index in [1.54, 1.807) is 31.4 Å². The Morgan fingerprint density at radius 3 is 2.46 bits per heavy atom. The van der Waals surface area contributed by atoms with Crippen LogP contribution in [0, 0.1) is 5.82 Å². The molecule has 6 heteroatoms. The van der Waals surface area contributed by atoms with Gasteiger partial charge in [0.15, 0.2) is 11.6 Å². The third-order valence-electron chi connectivity index (χ3n) is 6.79. The van der Waals surface area contributed by atoms with Crippen molar-refractivity contribution >= 4 is 17.8 Å². The highest BCUT2D eigenvalue weighted by atomic mass is 19.1. The van der Waals surface area contributed by atoms with Gasteiger partial charge in [-0.25, -0.2) is 4.39 Å². The highest BCUT2D eigenvalue weighted by molar-refractivity contribution is 5.78. The first-order valence-electron chi connectivity index (χ1n) is 13.1. The Hall–Kier alpha value is -3.51. The van der Waals surface area contributed by atoms with Gasteiger partial charge in [-0.2, -0.15) is 0 Å². The van der Waals surface area contributed by atoms with E-state index in [-0.39, 0.29) is 11.6 Å². The predicted octanol–water partition coefficient (Wildman–Crippen LogP) is 6.60. The molecule has 196 valence electrons. The number of piperidine rings is 1. The first-order valence-corrected chi connectivity index (χ1v) is 13.1. The van der Waals surface area contributed by atoms with Crippen molar-refractivity contribution in [1.82, 2.24) is 4.90 Å². The van der Waals surface area contributed by atoms with Crippen LogP contribution in [0.25, 0.3) is 12.2 Å². The van der Waals surface area contributed by atoms with Gasteiger partial charge in [0, 0.05) is 31.4 Å². The third-order valence-corrected chi connectivity index (χ3v) is 6.79. The summed E-state index contributed by atoms with van der Waals surface area (Å²) in [4.78, 5) is 4.58. The summed E-state index contributed by atoms with van der Waals surface area (Å²) < 4.78 is 26.2. The van der Waals surface area contributed by atoms with E-state index in [4.69, 9.17) is 9.47 Å². The van der Waals surface area contributed by atoms with E-state index >= 15 is 0 Å². The number of nitrogens with zero attached hydrogens (tertiary/aromatic N) is 2. The molecule has 0 spiro atoms. The number of anilines is 1. The Labute approximate surface area is 219 Å². The Balaban J connectivity index is 1.46. The molecular formula is C31H37FN2O3. The monoisotopic (exact) mass is 504 g/mol. The number of phenols is 1. The lowest BCUT2D eigenvalue weighted by molar-refractivity contribution is 0.180. The van der Waals surface area contributed by atoms with Gasteiger partial charge >= 0.3 is 0 Å². The molecule has 1 fully saturated rings. The van der Waals surface area contributed by atoms with Crippen molar-refractivity contribution in [2.24, 2.45) is 0 Å². The number of methoxy groups -OCH3 is 1. The maximum atomic E-state index is 14.9. The van der Waals surface area contributed by atoms with Crippen molar-refractivity contribution in [3.05, 3.63) is 83.2 Å². The molecule has 5 nitrogen and oxygen atoms in total. The minimum absolute atomic E-state index is 0.241. The normalized spacial score (nSPS) is 14.1. The third kappa shape index (κ3) is 7.49. The van der Waals surface area contributed by atoms with Crippen molar-refractivity contribution in [3.63, 3.8) is 0 Å². The molecule has 0 unspecified atom stereocenters. The highest BCUT2D eigenvalue weighted by Crippen LogP contribution is 2.30. The molecule has 1 N–H and O–H groups in total. The maximum absolute atomic E-state index is 14.9. The van der Waals surface area contributed by atoms with Crippen LogP contribution in [0.1, 0.15) is 42.9 Å². The molecule has 0 aliphatic carbocycles. The molecule has 0 radical (unpaired) electrons. The summed E-state index contributed by atoms with van der Waals surface area (Å²) >= 11 is 0. The Morgan fingerprint density at radius 2 is 1.76 bits per heavy atom. The van der Waals surface area contributed by atoms with Crippen molar-refractivity contribution in [2.75, 3.05) is 44.8 Å². The number of rotatable bonds is 11. The van der Waals surface area contributed by atoms with E-state index < -0.39 is 0 Å². The van der Waals surface area contributed by atoms with E-state index in [0.717, 1.165) is 54.3 Å². The lowest BCUT2D eigenvalue weighted by atomic mass is 10.1. The minimum atomic E-state index is -0.328. The Morgan fingerprint density at radius 1 is 0.973 bits per heavy atom. The number of phenolic OH excluding ortho intramolecular Hbond substituents is 1. The standard InChI is InChI=1S/C31H37FN2O3/c1-3-34(23-25-10-16-31(29(32)21-25)37-20-19-33-17-5-4-6-18-33)30-22-28(36-2)15-12-26(30)11-7-24-8-13-27(35)14-9-24/h7-16,21-22,35H,3-6,17-20,23H2,1-2H3. The number of hydrogen-bond donors (Lipinski definition) is 1. The number of ether oxygens (including phenoxy) is 2. The number of hydrogen-bond acceptors (Lipinski definition) is 5. The average Bonchev–Trinajstić information content (AvgIpc) is 2.93. The topological polar surface area (TPSA) is 45.2 Å². The van der Waals surface area contributed by atoms with E-state index in [2.05, 4.69) is 16.7 Å². The van der Waals surface area contributed by atoms with Crippen molar-refractivity contribution in [1.29, 1.82) is 0 Å². The zero-order valence-electron chi connectivity index (χ0n) is 21.8. The molecule has 1 aliphatic rings.